The lowest BCUT2D eigenvalue weighted by molar-refractivity contribution is -0.138. The van der Waals surface area contributed by atoms with Crippen LogP contribution in [0.2, 0.25) is 0 Å². The summed E-state index contributed by atoms with van der Waals surface area (Å²) in [5, 5.41) is 186. The van der Waals surface area contributed by atoms with E-state index >= 15 is 0 Å². The molecule has 588 valence electrons. The second-order valence-electron chi connectivity index (χ2n) is 22.4. The van der Waals surface area contributed by atoms with E-state index in [1.54, 1.807) is 0 Å². The Bertz CT molecular complexity index is 1130. The number of aliphatic carboxylic acids is 5. The highest BCUT2D eigenvalue weighted by Gasteiger charge is 2.02. The normalized spacial score (nSPS) is 10.1. The van der Waals surface area contributed by atoms with Crippen LogP contribution in [-0.2, 0) is 24.0 Å². The van der Waals surface area contributed by atoms with Crippen molar-refractivity contribution in [2.45, 2.75) is 328 Å². The van der Waals surface area contributed by atoms with Gasteiger partial charge in [-0.05, 0) is 32.1 Å². The Morgan fingerprint density at radius 3 is 0.323 bits per heavy atom. The largest absolute Gasteiger partial charge is 0.481 e. The molecule has 0 amide bonds. The van der Waals surface area contributed by atoms with Crippen molar-refractivity contribution in [3.05, 3.63) is 0 Å². The molecule has 28 heteroatoms. The lowest BCUT2D eigenvalue weighted by Gasteiger charge is -1.98. The lowest BCUT2D eigenvalue weighted by atomic mass is 10.1. The first kappa shape index (κ1) is 117. The average Bonchev–Trinajstić information content (AvgIpc) is 3.60. The van der Waals surface area contributed by atoms with Crippen molar-refractivity contribution < 1.29 is 141 Å². The number of carboxylic acids is 5. The van der Waals surface area contributed by atoms with Gasteiger partial charge in [-0.25, -0.2) is 0 Å². The molecule has 0 saturated carbocycles. The van der Waals surface area contributed by atoms with Crippen LogP contribution in [0.4, 0.5) is 0 Å². The van der Waals surface area contributed by atoms with Gasteiger partial charge in [0.2, 0.25) is 0 Å². The van der Waals surface area contributed by atoms with Crippen molar-refractivity contribution in [2.75, 3.05) is 79.3 Å². The van der Waals surface area contributed by atoms with E-state index in [1.807, 2.05) is 0 Å². The van der Waals surface area contributed by atoms with Crippen LogP contribution in [0, 0.1) is 0 Å². The number of hydrogen-bond acceptors (Lipinski definition) is 23. The maximum absolute atomic E-state index is 10.1. The fourth-order valence-electron chi connectivity index (χ4n) is 6.51. The predicted molar refractivity (Wildman–Crippen MR) is 372 cm³/mol. The third kappa shape index (κ3) is 169. The molecule has 0 atom stereocenters. The van der Waals surface area contributed by atoms with Gasteiger partial charge in [0.1, 0.15) is 36.6 Å². The smallest absolute Gasteiger partial charge is 0.303 e. The molecule has 0 aromatic heterocycles. The number of carbonyl (C=O) groups is 5. The summed E-state index contributed by atoms with van der Waals surface area (Å²) in [5.41, 5.74) is 0. The van der Waals surface area contributed by atoms with E-state index in [9.17, 15) is 24.0 Å². The van der Waals surface area contributed by atoms with E-state index in [1.165, 1.54) is 161 Å². The SMILES string of the molecule is CCCCCCCCCC(=O)O.CCCCCCCCCC(=O)O.CCCCCCCCCC(=O)O.CCCCCCCCCC(=O)O.CCCCCCCCCC(=O)O.OCC(O)CO.OCC(O)CO.OCC(O)CO.OCC(O)CO.OCC(O)CO.OCC(O)CO. The second kappa shape index (κ2) is 113. The van der Waals surface area contributed by atoms with Crippen molar-refractivity contribution in [1.82, 2.24) is 0 Å². The third-order valence-corrected chi connectivity index (χ3v) is 12.5. The van der Waals surface area contributed by atoms with Gasteiger partial charge in [0, 0.05) is 32.1 Å². The monoisotopic (exact) mass is 1410 g/mol. The summed E-state index contributed by atoms with van der Waals surface area (Å²) in [4.78, 5) is 50.7. The Hall–Kier alpha value is -3.37. The Morgan fingerprint density at radius 1 is 0.177 bits per heavy atom. The molecule has 0 fully saturated rings. The first-order chi connectivity index (χ1) is 45.7. The van der Waals surface area contributed by atoms with Gasteiger partial charge in [-0.2, -0.15) is 0 Å². The molecular weight excluding hydrogens is 1260 g/mol. The number of aliphatic hydroxyl groups excluding tert-OH is 18. The van der Waals surface area contributed by atoms with Gasteiger partial charge in [0.05, 0.1) is 79.3 Å². The topological polar surface area (TPSA) is 551 Å². The fraction of sp³-hybridized carbons (Fsp3) is 0.926. The van der Waals surface area contributed by atoms with Crippen LogP contribution >= 0.6 is 0 Å². The van der Waals surface area contributed by atoms with Crippen molar-refractivity contribution in [3.8, 4) is 0 Å². The van der Waals surface area contributed by atoms with Gasteiger partial charge in [-0.3, -0.25) is 24.0 Å². The molecule has 0 aromatic carbocycles. The van der Waals surface area contributed by atoms with E-state index in [2.05, 4.69) is 34.6 Å². The second-order valence-corrected chi connectivity index (χ2v) is 22.4. The highest BCUT2D eigenvalue weighted by Crippen LogP contribution is 2.12. The zero-order valence-electron chi connectivity index (χ0n) is 60.1. The van der Waals surface area contributed by atoms with E-state index in [0.717, 1.165) is 64.2 Å². The highest BCUT2D eigenvalue weighted by atomic mass is 16.4. The standard InChI is InChI=1S/5C10H20O2.6C3H8O3/c5*1-2-3-4-5-6-7-8-9-10(11)12;6*4-1-3(6)2-5/h5*2-9H2,1H3,(H,11,12);6*3-6H,1-2H2. The molecule has 0 heterocycles. The summed E-state index contributed by atoms with van der Waals surface area (Å²) in [7, 11) is 0. The third-order valence-electron chi connectivity index (χ3n) is 12.5. The highest BCUT2D eigenvalue weighted by molar-refractivity contribution is 5.67. The Kier molecular flexibility index (Phi) is 137. The Morgan fingerprint density at radius 2 is 0.260 bits per heavy atom. The fourth-order valence-corrected chi connectivity index (χ4v) is 6.51. The van der Waals surface area contributed by atoms with Crippen molar-refractivity contribution >= 4 is 29.8 Å². The molecule has 96 heavy (non-hydrogen) atoms. The molecule has 0 unspecified atom stereocenters. The lowest BCUT2D eigenvalue weighted by Crippen LogP contribution is -2.15. The average molecular weight is 1410 g/mol. The minimum atomic E-state index is -0.954. The quantitative estimate of drug-likeness (QED) is 0.0308. The first-order valence-corrected chi connectivity index (χ1v) is 35.2. The maximum Gasteiger partial charge on any atom is 0.303 e. The molecule has 0 aliphatic rings. The minimum absolute atomic E-state index is 0.341. The van der Waals surface area contributed by atoms with Gasteiger partial charge in [-0.15, -0.1) is 0 Å². The van der Waals surface area contributed by atoms with E-state index < -0.39 is 66.5 Å². The number of unbranched alkanes of at least 4 members (excludes halogenated alkanes) is 30. The molecule has 0 radical (unpaired) electrons. The first-order valence-electron chi connectivity index (χ1n) is 35.2. The maximum atomic E-state index is 10.1. The number of carboxylic acid groups (broad SMARTS) is 5. The summed E-state index contributed by atoms with van der Waals surface area (Å²) in [6, 6.07) is 0. The van der Waals surface area contributed by atoms with Gasteiger partial charge >= 0.3 is 29.8 Å². The van der Waals surface area contributed by atoms with E-state index in [0.29, 0.717) is 32.1 Å². The van der Waals surface area contributed by atoms with Crippen LogP contribution in [0.3, 0.4) is 0 Å². The van der Waals surface area contributed by atoms with Crippen LogP contribution in [0.5, 0.6) is 0 Å². The molecule has 0 saturated heterocycles. The molecular formula is C68H148O28. The van der Waals surface area contributed by atoms with Gasteiger partial charge in [0.25, 0.3) is 0 Å². The molecule has 0 bridgehead atoms. The van der Waals surface area contributed by atoms with E-state index in [-0.39, 0.29) is 79.3 Å². The number of rotatable bonds is 52. The summed E-state index contributed by atoms with van der Waals surface area (Å²) >= 11 is 0. The van der Waals surface area contributed by atoms with Crippen LogP contribution < -0.4 is 0 Å². The summed E-state index contributed by atoms with van der Waals surface area (Å²) in [5.74, 6) is -3.32. The molecule has 28 nitrogen and oxygen atoms in total. The summed E-state index contributed by atoms with van der Waals surface area (Å²) < 4.78 is 0. The van der Waals surface area contributed by atoms with Crippen molar-refractivity contribution in [3.63, 3.8) is 0 Å². The molecule has 0 aliphatic carbocycles. The van der Waals surface area contributed by atoms with Crippen LogP contribution in [0.15, 0.2) is 0 Å². The minimum Gasteiger partial charge on any atom is -0.481 e. The van der Waals surface area contributed by atoms with Crippen molar-refractivity contribution in [2.24, 2.45) is 0 Å². The Balaban J connectivity index is -0.0000000933. The van der Waals surface area contributed by atoms with Gasteiger partial charge < -0.3 is 117 Å². The number of aliphatic hydroxyl groups is 18. The van der Waals surface area contributed by atoms with Crippen LogP contribution in [-0.4, -0.2) is 263 Å². The number of hydrogen-bond donors (Lipinski definition) is 23. The summed E-state index contributed by atoms with van der Waals surface area (Å²) in [6.07, 6.45) is 37.5. The van der Waals surface area contributed by atoms with Crippen molar-refractivity contribution in [1.29, 1.82) is 0 Å². The molecule has 0 rings (SSSR count). The zero-order valence-corrected chi connectivity index (χ0v) is 60.1. The van der Waals surface area contributed by atoms with Gasteiger partial charge in [0.15, 0.2) is 0 Å². The van der Waals surface area contributed by atoms with Crippen LogP contribution in [0.1, 0.15) is 291 Å². The predicted octanol–water partition coefficient (Wildman–Crippen LogP) is 6.05. The zero-order chi connectivity index (χ0) is 76.1. The molecule has 0 aromatic rings. The molecule has 0 spiro atoms. The van der Waals surface area contributed by atoms with Gasteiger partial charge in [-0.1, -0.05) is 227 Å². The molecule has 23 N–H and O–H groups in total. The summed E-state index contributed by atoms with van der Waals surface area (Å²) in [6.45, 7) is 6.62. The molecule has 0 aliphatic heterocycles. The van der Waals surface area contributed by atoms with E-state index in [4.69, 9.17) is 117 Å². The van der Waals surface area contributed by atoms with Crippen LogP contribution in [0.25, 0.3) is 0 Å². The Labute approximate surface area is 576 Å².